The molecule has 0 N–H and O–H groups in total. The number of rotatable bonds is 5. The molecule has 1 aromatic heterocycles. The van der Waals surface area contributed by atoms with E-state index >= 15 is 0 Å². The Morgan fingerprint density at radius 2 is 2.20 bits per heavy atom. The van der Waals surface area contributed by atoms with E-state index in [4.69, 9.17) is 4.74 Å². The predicted octanol–water partition coefficient (Wildman–Crippen LogP) is 3.06. The second-order valence-electron chi connectivity index (χ2n) is 4.66. The molecule has 0 fully saturated rings. The smallest absolute Gasteiger partial charge is 0.174 e. The van der Waals surface area contributed by atoms with Gasteiger partial charge in [-0.3, -0.25) is 4.79 Å². The molecule has 0 unspecified atom stereocenters. The number of halogens is 1. The van der Waals surface area contributed by atoms with Crippen LogP contribution in [-0.2, 0) is 6.42 Å². The van der Waals surface area contributed by atoms with Gasteiger partial charge < -0.3 is 4.74 Å². The molecule has 1 aromatic carbocycles. The van der Waals surface area contributed by atoms with Gasteiger partial charge in [-0.25, -0.2) is 9.67 Å². The first-order valence-electron chi connectivity index (χ1n) is 6.28. The van der Waals surface area contributed by atoms with Gasteiger partial charge in [-0.15, -0.1) is 0 Å². The monoisotopic (exact) mass is 337 g/mol. The first kappa shape index (κ1) is 14.7. The van der Waals surface area contributed by atoms with Crippen LogP contribution in [0.1, 0.15) is 36.1 Å². The van der Waals surface area contributed by atoms with Crippen LogP contribution in [0.5, 0.6) is 5.75 Å². The van der Waals surface area contributed by atoms with Gasteiger partial charge in [0.25, 0.3) is 0 Å². The van der Waals surface area contributed by atoms with Crippen LogP contribution in [0.4, 0.5) is 0 Å². The lowest BCUT2D eigenvalue weighted by atomic mass is 10.1. The Labute approximate surface area is 126 Å². The molecule has 106 valence electrons. The Hall–Kier alpha value is -1.69. The molecule has 0 atom stereocenters. The number of benzene rings is 1. The molecule has 0 spiro atoms. The zero-order valence-corrected chi connectivity index (χ0v) is 13.2. The van der Waals surface area contributed by atoms with Crippen LogP contribution in [0.15, 0.2) is 29.0 Å². The van der Waals surface area contributed by atoms with Gasteiger partial charge in [0.05, 0.1) is 19.1 Å². The number of hydrogen-bond donors (Lipinski definition) is 0. The number of methoxy groups -OCH3 is 1. The number of carbonyl (C=O) groups excluding carboxylic acids is 1. The number of Topliss-reactive ketones (excluding diaryl/α,β-unsaturated/α-hetero) is 1. The van der Waals surface area contributed by atoms with Crippen molar-refractivity contribution >= 4 is 21.7 Å². The van der Waals surface area contributed by atoms with Gasteiger partial charge in [-0.2, -0.15) is 5.10 Å². The number of ketones is 1. The summed E-state index contributed by atoms with van der Waals surface area (Å²) in [6.45, 7) is 4.01. The molecule has 0 saturated carbocycles. The Bertz CT molecular complexity index is 623. The van der Waals surface area contributed by atoms with Crippen molar-refractivity contribution < 1.29 is 9.53 Å². The first-order valence-corrected chi connectivity index (χ1v) is 7.07. The van der Waals surface area contributed by atoms with Gasteiger partial charge in [0.15, 0.2) is 5.78 Å². The normalized spacial score (nSPS) is 10.8. The topological polar surface area (TPSA) is 57.0 Å². The summed E-state index contributed by atoms with van der Waals surface area (Å²) in [5.41, 5.74) is 0.550. The van der Waals surface area contributed by atoms with Crippen LogP contribution in [0, 0.1) is 0 Å². The Morgan fingerprint density at radius 3 is 2.85 bits per heavy atom. The third-order valence-electron chi connectivity index (χ3n) is 2.92. The maximum Gasteiger partial charge on any atom is 0.174 e. The molecule has 2 rings (SSSR count). The minimum Gasteiger partial charge on any atom is -0.496 e. The Balaban J connectivity index is 2.26. The Morgan fingerprint density at radius 1 is 1.45 bits per heavy atom. The number of carbonyl (C=O) groups is 1. The quantitative estimate of drug-likeness (QED) is 0.787. The lowest BCUT2D eigenvalue weighted by Crippen LogP contribution is -2.13. The zero-order valence-electron chi connectivity index (χ0n) is 11.6. The van der Waals surface area contributed by atoms with Crippen molar-refractivity contribution in [1.82, 2.24) is 14.8 Å². The van der Waals surface area contributed by atoms with Crippen molar-refractivity contribution in [2.75, 3.05) is 7.11 Å². The van der Waals surface area contributed by atoms with Crippen molar-refractivity contribution in [3.8, 4) is 5.75 Å². The molecular weight excluding hydrogens is 322 g/mol. The van der Waals surface area contributed by atoms with E-state index < -0.39 is 0 Å². The van der Waals surface area contributed by atoms with Crippen molar-refractivity contribution in [2.45, 2.75) is 26.3 Å². The summed E-state index contributed by atoms with van der Waals surface area (Å²) in [7, 11) is 1.55. The largest absolute Gasteiger partial charge is 0.496 e. The minimum atomic E-state index is -0.0377. The van der Waals surface area contributed by atoms with Crippen molar-refractivity contribution in [1.29, 1.82) is 0 Å². The van der Waals surface area contributed by atoms with E-state index in [0.717, 1.165) is 4.47 Å². The highest BCUT2D eigenvalue weighted by Gasteiger charge is 2.17. The van der Waals surface area contributed by atoms with Gasteiger partial charge in [0, 0.05) is 10.5 Å². The summed E-state index contributed by atoms with van der Waals surface area (Å²) < 4.78 is 7.88. The van der Waals surface area contributed by atoms with Crippen LogP contribution in [0.2, 0.25) is 0 Å². The minimum absolute atomic E-state index is 0.0377. The summed E-state index contributed by atoms with van der Waals surface area (Å²) in [6.07, 6.45) is 1.68. The van der Waals surface area contributed by atoms with Gasteiger partial charge >= 0.3 is 0 Å². The summed E-state index contributed by atoms with van der Waals surface area (Å²) >= 11 is 3.36. The van der Waals surface area contributed by atoms with Gasteiger partial charge in [-0.05, 0) is 32.0 Å². The van der Waals surface area contributed by atoms with Crippen LogP contribution in [0.25, 0.3) is 0 Å². The van der Waals surface area contributed by atoms with Crippen LogP contribution < -0.4 is 4.74 Å². The number of hydrogen-bond acceptors (Lipinski definition) is 4. The molecule has 20 heavy (non-hydrogen) atoms. The fourth-order valence-corrected chi connectivity index (χ4v) is 2.31. The van der Waals surface area contributed by atoms with Crippen LogP contribution >= 0.6 is 15.9 Å². The SMILES string of the molecule is COc1cc(Br)ccc1C(=O)Cc1ncnn1C(C)C. The first-order chi connectivity index (χ1) is 9.52. The van der Waals surface area contributed by atoms with Crippen molar-refractivity contribution in [3.05, 3.63) is 40.4 Å². The van der Waals surface area contributed by atoms with Gasteiger partial charge in [0.2, 0.25) is 0 Å². The number of nitrogens with zero attached hydrogens (tertiary/aromatic N) is 3. The molecule has 0 aliphatic heterocycles. The molecule has 0 aliphatic carbocycles. The molecule has 5 nitrogen and oxygen atoms in total. The molecule has 0 radical (unpaired) electrons. The van der Waals surface area contributed by atoms with E-state index in [-0.39, 0.29) is 18.2 Å². The average molecular weight is 338 g/mol. The highest BCUT2D eigenvalue weighted by Crippen LogP contribution is 2.24. The van der Waals surface area contributed by atoms with E-state index in [0.29, 0.717) is 17.1 Å². The van der Waals surface area contributed by atoms with Crippen LogP contribution in [-0.4, -0.2) is 27.7 Å². The van der Waals surface area contributed by atoms with E-state index in [1.54, 1.807) is 23.9 Å². The average Bonchev–Trinajstić information content (AvgIpc) is 2.86. The standard InChI is InChI=1S/C14H16BrN3O2/c1-9(2)18-14(16-8-17-18)7-12(19)11-5-4-10(15)6-13(11)20-3/h4-6,8-9H,7H2,1-3H3. The van der Waals surface area contributed by atoms with E-state index in [9.17, 15) is 4.79 Å². The summed E-state index contributed by atoms with van der Waals surface area (Å²) in [5.74, 6) is 1.18. The lowest BCUT2D eigenvalue weighted by Gasteiger charge is -2.10. The molecular formula is C14H16BrN3O2. The van der Waals surface area contributed by atoms with E-state index in [1.807, 2.05) is 19.9 Å². The third kappa shape index (κ3) is 3.07. The lowest BCUT2D eigenvalue weighted by molar-refractivity contribution is 0.0986. The molecule has 0 amide bonds. The molecule has 0 bridgehead atoms. The van der Waals surface area contributed by atoms with Gasteiger partial charge in [-0.1, -0.05) is 15.9 Å². The number of aromatic nitrogens is 3. The fraction of sp³-hybridized carbons (Fsp3) is 0.357. The van der Waals surface area contributed by atoms with E-state index in [1.165, 1.54) is 6.33 Å². The molecule has 0 saturated heterocycles. The summed E-state index contributed by atoms with van der Waals surface area (Å²) in [5, 5.41) is 4.13. The highest BCUT2D eigenvalue weighted by atomic mass is 79.9. The molecule has 6 heteroatoms. The fourth-order valence-electron chi connectivity index (χ4n) is 1.97. The Kier molecular flexibility index (Phi) is 4.54. The second-order valence-corrected chi connectivity index (χ2v) is 5.57. The molecule has 0 aliphatic rings. The van der Waals surface area contributed by atoms with Gasteiger partial charge in [0.1, 0.15) is 17.9 Å². The van der Waals surface area contributed by atoms with E-state index in [2.05, 4.69) is 26.0 Å². The second kappa shape index (κ2) is 6.17. The maximum atomic E-state index is 12.4. The predicted molar refractivity (Wildman–Crippen MR) is 79.1 cm³/mol. The summed E-state index contributed by atoms with van der Waals surface area (Å²) in [4.78, 5) is 16.6. The molecule has 1 heterocycles. The summed E-state index contributed by atoms with van der Waals surface area (Å²) in [6, 6.07) is 5.53. The zero-order chi connectivity index (χ0) is 14.7. The third-order valence-corrected chi connectivity index (χ3v) is 3.41. The highest BCUT2D eigenvalue weighted by molar-refractivity contribution is 9.10. The molecule has 2 aromatic rings. The number of ether oxygens (including phenoxy) is 1. The maximum absolute atomic E-state index is 12.4. The van der Waals surface area contributed by atoms with Crippen LogP contribution in [0.3, 0.4) is 0 Å². The van der Waals surface area contributed by atoms with Crippen molar-refractivity contribution in [2.24, 2.45) is 0 Å². The van der Waals surface area contributed by atoms with Crippen molar-refractivity contribution in [3.63, 3.8) is 0 Å².